The molecule has 7 heteroatoms. The number of furan rings is 1. The van der Waals surface area contributed by atoms with Gasteiger partial charge in [0.25, 0.3) is 0 Å². The Bertz CT molecular complexity index is 809. The molecule has 0 spiro atoms. The summed E-state index contributed by atoms with van der Waals surface area (Å²) in [4.78, 5) is 4.13. The summed E-state index contributed by atoms with van der Waals surface area (Å²) in [6, 6.07) is 4.09. The molecular formula is C13H8BrF2N3O. The summed E-state index contributed by atoms with van der Waals surface area (Å²) < 4.78 is 32.2. The highest BCUT2D eigenvalue weighted by Gasteiger charge is 2.17. The molecule has 0 saturated carbocycles. The second-order valence-electron chi connectivity index (χ2n) is 4.17. The second kappa shape index (κ2) is 4.45. The van der Waals surface area contributed by atoms with Crippen molar-refractivity contribution in [2.45, 2.75) is 0 Å². The van der Waals surface area contributed by atoms with Crippen LogP contribution in [-0.2, 0) is 0 Å². The van der Waals surface area contributed by atoms with Crippen LogP contribution in [0.4, 0.5) is 20.4 Å². The van der Waals surface area contributed by atoms with Crippen LogP contribution >= 0.6 is 15.9 Å². The van der Waals surface area contributed by atoms with Crippen molar-refractivity contribution in [3.63, 3.8) is 0 Å². The quantitative estimate of drug-likeness (QED) is 0.662. The first-order valence-electron chi connectivity index (χ1n) is 5.56. The van der Waals surface area contributed by atoms with Crippen LogP contribution in [0.2, 0.25) is 0 Å². The fraction of sp³-hybridized carbons (Fsp3) is 0. The Morgan fingerprint density at radius 1 is 1.20 bits per heavy atom. The minimum atomic E-state index is -0.985. The molecule has 2 heterocycles. The normalized spacial score (nSPS) is 11.2. The van der Waals surface area contributed by atoms with E-state index in [1.54, 1.807) is 6.07 Å². The van der Waals surface area contributed by atoms with E-state index in [0.29, 0.717) is 27.9 Å². The lowest BCUT2D eigenvalue weighted by atomic mass is 10.1. The van der Waals surface area contributed by atoms with Crippen molar-refractivity contribution in [2.75, 3.05) is 11.5 Å². The molecule has 1 aromatic carbocycles. The van der Waals surface area contributed by atoms with Crippen molar-refractivity contribution in [3.05, 3.63) is 40.5 Å². The first-order chi connectivity index (χ1) is 9.49. The smallest absolute Gasteiger partial charge is 0.214 e. The number of benzene rings is 1. The number of nitrogen functional groups attached to an aromatic ring is 2. The zero-order chi connectivity index (χ0) is 14.4. The summed E-state index contributed by atoms with van der Waals surface area (Å²) in [5.41, 5.74) is 12.7. The van der Waals surface area contributed by atoms with Crippen LogP contribution in [0.5, 0.6) is 0 Å². The van der Waals surface area contributed by atoms with Gasteiger partial charge in [0.2, 0.25) is 5.88 Å². The number of fused-ring (bicyclic) bond motifs is 1. The molecule has 0 amide bonds. The van der Waals surface area contributed by atoms with Gasteiger partial charge in [-0.1, -0.05) is 0 Å². The van der Waals surface area contributed by atoms with E-state index in [1.807, 2.05) is 0 Å². The van der Waals surface area contributed by atoms with Gasteiger partial charge in [-0.2, -0.15) is 0 Å². The van der Waals surface area contributed by atoms with E-state index < -0.39 is 11.6 Å². The highest BCUT2D eigenvalue weighted by molar-refractivity contribution is 9.10. The van der Waals surface area contributed by atoms with Crippen molar-refractivity contribution in [1.82, 2.24) is 4.98 Å². The van der Waals surface area contributed by atoms with Gasteiger partial charge in [0.1, 0.15) is 11.4 Å². The number of nitrogens with two attached hydrogens (primary N) is 2. The number of anilines is 2. The Morgan fingerprint density at radius 2 is 1.95 bits per heavy atom. The van der Waals surface area contributed by atoms with Gasteiger partial charge in [0.05, 0.1) is 4.47 Å². The third-order valence-corrected chi connectivity index (χ3v) is 3.51. The summed E-state index contributed by atoms with van der Waals surface area (Å²) in [5.74, 6) is -1.88. The van der Waals surface area contributed by atoms with E-state index in [0.717, 1.165) is 6.07 Å². The number of halogens is 3. The van der Waals surface area contributed by atoms with Crippen LogP contribution in [0.15, 0.2) is 33.3 Å². The molecule has 4 N–H and O–H groups in total. The van der Waals surface area contributed by atoms with E-state index in [4.69, 9.17) is 15.9 Å². The lowest BCUT2D eigenvalue weighted by Gasteiger charge is -2.04. The van der Waals surface area contributed by atoms with Crippen molar-refractivity contribution >= 4 is 38.5 Å². The van der Waals surface area contributed by atoms with Gasteiger partial charge in [-0.15, -0.1) is 0 Å². The minimum absolute atomic E-state index is 0.00111. The number of aromatic nitrogens is 1. The first kappa shape index (κ1) is 12.9. The SMILES string of the molecule is Nc1oc2c(-c3cc(F)c(F)c(Br)c3)nccc2c1N. The molecular weight excluding hydrogens is 332 g/mol. The molecule has 20 heavy (non-hydrogen) atoms. The molecule has 0 aliphatic heterocycles. The monoisotopic (exact) mass is 339 g/mol. The standard InChI is InChI=1S/C13H8BrF2N3O/c14-7-3-5(4-8(15)9(7)16)11-12-6(1-2-19-11)10(17)13(18)20-12/h1-4H,17-18H2. The molecule has 102 valence electrons. The van der Waals surface area contributed by atoms with Crippen LogP contribution in [0, 0.1) is 11.6 Å². The molecule has 0 fully saturated rings. The summed E-state index contributed by atoms with van der Waals surface area (Å²) in [7, 11) is 0. The van der Waals surface area contributed by atoms with Crippen LogP contribution in [-0.4, -0.2) is 4.98 Å². The van der Waals surface area contributed by atoms with Crippen molar-refractivity contribution in [1.29, 1.82) is 0 Å². The summed E-state index contributed by atoms with van der Waals surface area (Å²) >= 11 is 2.96. The minimum Gasteiger partial charge on any atom is -0.436 e. The fourth-order valence-electron chi connectivity index (χ4n) is 1.96. The van der Waals surface area contributed by atoms with Crippen LogP contribution in [0.3, 0.4) is 0 Å². The maximum atomic E-state index is 13.5. The predicted molar refractivity (Wildman–Crippen MR) is 75.9 cm³/mol. The maximum Gasteiger partial charge on any atom is 0.214 e. The van der Waals surface area contributed by atoms with Gasteiger partial charge < -0.3 is 15.9 Å². The number of rotatable bonds is 1. The second-order valence-corrected chi connectivity index (χ2v) is 5.02. The average molecular weight is 340 g/mol. The number of hydrogen-bond acceptors (Lipinski definition) is 4. The molecule has 0 aliphatic carbocycles. The predicted octanol–water partition coefficient (Wildman–Crippen LogP) is 3.70. The molecule has 0 radical (unpaired) electrons. The summed E-state index contributed by atoms with van der Waals surface area (Å²) in [6.07, 6.45) is 1.50. The number of hydrogen-bond donors (Lipinski definition) is 2. The number of pyridine rings is 1. The Balaban J connectivity index is 2.32. The first-order valence-corrected chi connectivity index (χ1v) is 6.35. The Morgan fingerprint density at radius 3 is 2.65 bits per heavy atom. The maximum absolute atomic E-state index is 13.5. The van der Waals surface area contributed by atoms with E-state index in [1.165, 1.54) is 12.3 Å². The number of nitrogens with zero attached hydrogens (tertiary/aromatic N) is 1. The third-order valence-electron chi connectivity index (χ3n) is 2.93. The Hall–Kier alpha value is -2.15. The zero-order valence-corrected chi connectivity index (χ0v) is 11.5. The van der Waals surface area contributed by atoms with E-state index in [9.17, 15) is 8.78 Å². The largest absolute Gasteiger partial charge is 0.436 e. The summed E-state index contributed by atoms with van der Waals surface area (Å²) in [6.45, 7) is 0. The molecule has 3 rings (SSSR count). The molecule has 0 aliphatic rings. The molecule has 0 unspecified atom stereocenters. The molecule has 0 saturated heterocycles. The van der Waals surface area contributed by atoms with Gasteiger partial charge in [0.15, 0.2) is 17.2 Å². The van der Waals surface area contributed by atoms with Crippen molar-refractivity contribution in [2.24, 2.45) is 0 Å². The average Bonchev–Trinajstić information content (AvgIpc) is 2.71. The van der Waals surface area contributed by atoms with Gasteiger partial charge in [-0.05, 0) is 34.1 Å². The summed E-state index contributed by atoms with van der Waals surface area (Å²) in [5, 5.41) is 0.577. The van der Waals surface area contributed by atoms with E-state index >= 15 is 0 Å². The van der Waals surface area contributed by atoms with Crippen molar-refractivity contribution in [3.8, 4) is 11.3 Å². The fourth-order valence-corrected chi connectivity index (χ4v) is 2.40. The Labute approximate surface area is 120 Å². The van der Waals surface area contributed by atoms with Crippen molar-refractivity contribution < 1.29 is 13.2 Å². The lowest BCUT2D eigenvalue weighted by Crippen LogP contribution is -1.91. The molecule has 4 nitrogen and oxygen atoms in total. The van der Waals surface area contributed by atoms with Gasteiger partial charge >= 0.3 is 0 Å². The lowest BCUT2D eigenvalue weighted by molar-refractivity contribution is 0.504. The van der Waals surface area contributed by atoms with Gasteiger partial charge in [0, 0.05) is 17.1 Å². The highest BCUT2D eigenvalue weighted by atomic mass is 79.9. The molecule has 3 aromatic rings. The van der Waals surface area contributed by atoms with Crippen LogP contribution < -0.4 is 11.5 Å². The molecule has 0 atom stereocenters. The van der Waals surface area contributed by atoms with E-state index in [-0.39, 0.29) is 10.4 Å². The van der Waals surface area contributed by atoms with Gasteiger partial charge in [-0.3, -0.25) is 4.98 Å². The zero-order valence-electron chi connectivity index (χ0n) is 9.95. The Kier molecular flexibility index (Phi) is 2.86. The van der Waals surface area contributed by atoms with Gasteiger partial charge in [-0.25, -0.2) is 8.78 Å². The highest BCUT2D eigenvalue weighted by Crippen LogP contribution is 2.36. The molecule has 0 bridgehead atoms. The molecule has 2 aromatic heterocycles. The van der Waals surface area contributed by atoms with Crippen LogP contribution in [0.25, 0.3) is 22.2 Å². The third kappa shape index (κ3) is 1.82. The van der Waals surface area contributed by atoms with Crippen LogP contribution in [0.1, 0.15) is 0 Å². The van der Waals surface area contributed by atoms with E-state index in [2.05, 4.69) is 20.9 Å². The topological polar surface area (TPSA) is 78.1 Å².